The number of fused-ring (bicyclic) bond motifs is 1. The number of nitrogens with zero attached hydrogens (tertiary/aromatic N) is 2. The molecule has 0 radical (unpaired) electrons. The second-order valence-electron chi connectivity index (χ2n) is 4.68. The largest absolute Gasteiger partial charge is 0.338 e. The van der Waals surface area contributed by atoms with Crippen molar-refractivity contribution in [1.82, 2.24) is 9.88 Å². The lowest BCUT2D eigenvalue weighted by Gasteiger charge is -2.16. The van der Waals surface area contributed by atoms with Crippen LogP contribution in [0.25, 0.3) is 10.2 Å². The molecule has 0 aliphatic carbocycles. The first kappa shape index (κ1) is 17.2. The van der Waals surface area contributed by atoms with Crippen molar-refractivity contribution in [2.75, 3.05) is 19.6 Å². The Morgan fingerprint density at radius 3 is 2.95 bits per heavy atom. The third-order valence-electron chi connectivity index (χ3n) is 3.48. The van der Waals surface area contributed by atoms with E-state index >= 15 is 0 Å². The van der Waals surface area contributed by atoms with Crippen LogP contribution in [0.2, 0.25) is 0 Å². The fraction of sp³-hybridized carbons (Fsp3) is 0.385. The number of carbonyl (C=O) groups is 1. The zero-order chi connectivity index (χ0) is 12.5. The summed E-state index contributed by atoms with van der Waals surface area (Å²) in [4.78, 5) is 18.5. The van der Waals surface area contributed by atoms with E-state index in [0.29, 0.717) is 12.5 Å². The van der Waals surface area contributed by atoms with Crippen molar-refractivity contribution in [3.8, 4) is 0 Å². The van der Waals surface area contributed by atoms with Gasteiger partial charge in [-0.15, -0.1) is 36.2 Å². The van der Waals surface area contributed by atoms with Crippen molar-refractivity contribution in [1.29, 1.82) is 0 Å². The van der Waals surface area contributed by atoms with Gasteiger partial charge in [0.15, 0.2) is 0 Å². The van der Waals surface area contributed by atoms with Gasteiger partial charge in [0.2, 0.25) is 0 Å². The van der Waals surface area contributed by atoms with Gasteiger partial charge in [-0.05, 0) is 37.1 Å². The standard InChI is InChI=1S/C13H15N3OS.2ClH/c14-6-9-3-4-16(7-9)13(17)10-1-2-11-12(5-10)18-8-15-11;;/h1-2,5,8-9H,3-4,6-7,14H2;2*1H. The highest BCUT2D eigenvalue weighted by Gasteiger charge is 2.26. The molecule has 20 heavy (non-hydrogen) atoms. The first-order valence-electron chi connectivity index (χ1n) is 6.10. The van der Waals surface area contributed by atoms with E-state index in [4.69, 9.17) is 5.73 Å². The van der Waals surface area contributed by atoms with Crippen molar-refractivity contribution < 1.29 is 4.79 Å². The molecule has 1 aromatic carbocycles. The van der Waals surface area contributed by atoms with Crippen LogP contribution < -0.4 is 5.73 Å². The molecule has 1 aliphatic rings. The minimum atomic E-state index is 0. The van der Waals surface area contributed by atoms with Gasteiger partial charge in [-0.1, -0.05) is 0 Å². The summed E-state index contributed by atoms with van der Waals surface area (Å²) in [5.41, 5.74) is 9.17. The molecular weight excluding hydrogens is 317 g/mol. The summed E-state index contributed by atoms with van der Waals surface area (Å²) >= 11 is 1.56. The lowest BCUT2D eigenvalue weighted by molar-refractivity contribution is 0.0788. The number of nitrogens with two attached hydrogens (primary N) is 1. The Labute approximate surface area is 134 Å². The van der Waals surface area contributed by atoms with Crippen molar-refractivity contribution in [2.45, 2.75) is 6.42 Å². The SMILES string of the molecule is Cl.Cl.NCC1CCN(C(=O)c2ccc3ncsc3c2)C1. The molecule has 0 spiro atoms. The zero-order valence-electron chi connectivity index (χ0n) is 10.8. The van der Waals surface area contributed by atoms with Gasteiger partial charge in [-0.3, -0.25) is 4.79 Å². The van der Waals surface area contributed by atoms with Crippen LogP contribution in [-0.2, 0) is 0 Å². The molecule has 1 saturated heterocycles. The molecular formula is C13H17Cl2N3OS. The Balaban J connectivity index is 0.000001000. The van der Waals surface area contributed by atoms with E-state index in [-0.39, 0.29) is 30.7 Å². The summed E-state index contributed by atoms with van der Waals surface area (Å²) in [5, 5.41) is 0. The van der Waals surface area contributed by atoms with E-state index in [2.05, 4.69) is 4.98 Å². The number of benzene rings is 1. The van der Waals surface area contributed by atoms with Crippen LogP contribution in [0.3, 0.4) is 0 Å². The molecule has 110 valence electrons. The van der Waals surface area contributed by atoms with Crippen molar-refractivity contribution >= 4 is 52.3 Å². The first-order chi connectivity index (χ1) is 8.78. The average Bonchev–Trinajstić information content (AvgIpc) is 3.05. The normalized spacial score (nSPS) is 17.6. The monoisotopic (exact) mass is 333 g/mol. The van der Waals surface area contributed by atoms with Crippen LogP contribution in [0.15, 0.2) is 23.7 Å². The number of halogens is 2. The van der Waals surface area contributed by atoms with Crippen LogP contribution >= 0.6 is 36.2 Å². The summed E-state index contributed by atoms with van der Waals surface area (Å²) in [6.45, 7) is 2.27. The molecule has 4 nitrogen and oxygen atoms in total. The van der Waals surface area contributed by atoms with E-state index in [1.165, 1.54) is 0 Å². The minimum Gasteiger partial charge on any atom is -0.338 e. The van der Waals surface area contributed by atoms with Gasteiger partial charge in [0.1, 0.15) is 0 Å². The molecule has 2 aromatic rings. The average molecular weight is 334 g/mol. The topological polar surface area (TPSA) is 59.2 Å². The number of likely N-dealkylation sites (tertiary alicyclic amines) is 1. The first-order valence-corrected chi connectivity index (χ1v) is 6.98. The number of amides is 1. The highest BCUT2D eigenvalue weighted by Crippen LogP contribution is 2.22. The summed E-state index contributed by atoms with van der Waals surface area (Å²) in [6, 6.07) is 5.71. The lowest BCUT2D eigenvalue weighted by atomic mass is 10.1. The van der Waals surface area contributed by atoms with Crippen molar-refractivity contribution in [3.63, 3.8) is 0 Å². The van der Waals surface area contributed by atoms with Crippen LogP contribution in [-0.4, -0.2) is 35.4 Å². The zero-order valence-corrected chi connectivity index (χ0v) is 13.3. The predicted molar refractivity (Wildman–Crippen MR) is 87.2 cm³/mol. The summed E-state index contributed by atoms with van der Waals surface area (Å²) < 4.78 is 1.07. The Hall–Kier alpha value is -0.880. The smallest absolute Gasteiger partial charge is 0.253 e. The number of thiazole rings is 1. The molecule has 0 bridgehead atoms. The van der Waals surface area contributed by atoms with Gasteiger partial charge < -0.3 is 10.6 Å². The second kappa shape index (κ2) is 7.22. The van der Waals surface area contributed by atoms with E-state index in [1.807, 2.05) is 23.1 Å². The summed E-state index contributed by atoms with van der Waals surface area (Å²) in [5.74, 6) is 0.572. The fourth-order valence-corrected chi connectivity index (χ4v) is 3.10. The Morgan fingerprint density at radius 1 is 1.45 bits per heavy atom. The van der Waals surface area contributed by atoms with Gasteiger partial charge in [0.25, 0.3) is 5.91 Å². The highest BCUT2D eigenvalue weighted by atomic mass is 35.5. The van der Waals surface area contributed by atoms with Crippen molar-refractivity contribution in [3.05, 3.63) is 29.3 Å². The fourth-order valence-electron chi connectivity index (χ4n) is 2.38. The quantitative estimate of drug-likeness (QED) is 0.918. The number of hydrogen-bond donors (Lipinski definition) is 1. The maximum absolute atomic E-state index is 12.3. The van der Waals surface area contributed by atoms with Gasteiger partial charge in [0, 0.05) is 18.7 Å². The van der Waals surface area contributed by atoms with Gasteiger partial charge in [-0.2, -0.15) is 0 Å². The third-order valence-corrected chi connectivity index (χ3v) is 4.28. The lowest BCUT2D eigenvalue weighted by Crippen LogP contribution is -2.29. The van der Waals surface area contributed by atoms with Gasteiger partial charge in [-0.25, -0.2) is 4.98 Å². The predicted octanol–water partition coefficient (Wildman–Crippen LogP) is 2.56. The van der Waals surface area contributed by atoms with Crippen LogP contribution in [0.1, 0.15) is 16.8 Å². The van der Waals surface area contributed by atoms with Crippen LogP contribution in [0.5, 0.6) is 0 Å². The van der Waals surface area contributed by atoms with Crippen LogP contribution in [0, 0.1) is 5.92 Å². The molecule has 1 fully saturated rings. The maximum atomic E-state index is 12.3. The van der Waals surface area contributed by atoms with Gasteiger partial charge in [0.05, 0.1) is 15.7 Å². The molecule has 3 rings (SSSR count). The molecule has 0 saturated carbocycles. The summed E-state index contributed by atoms with van der Waals surface area (Å²) in [6.07, 6.45) is 1.02. The van der Waals surface area contributed by atoms with Crippen molar-refractivity contribution in [2.24, 2.45) is 11.7 Å². The highest BCUT2D eigenvalue weighted by molar-refractivity contribution is 7.16. The molecule has 1 aliphatic heterocycles. The minimum absolute atomic E-state index is 0. The summed E-state index contributed by atoms with van der Waals surface area (Å²) in [7, 11) is 0. The molecule has 2 N–H and O–H groups in total. The van der Waals surface area contributed by atoms with E-state index in [1.54, 1.807) is 16.8 Å². The Morgan fingerprint density at radius 2 is 2.25 bits per heavy atom. The number of carbonyl (C=O) groups excluding carboxylic acids is 1. The molecule has 1 aromatic heterocycles. The van der Waals surface area contributed by atoms with E-state index in [9.17, 15) is 4.79 Å². The molecule has 1 unspecified atom stereocenters. The third kappa shape index (κ3) is 3.23. The number of aromatic nitrogens is 1. The van der Waals surface area contributed by atoms with E-state index < -0.39 is 0 Å². The number of rotatable bonds is 2. The molecule has 1 atom stereocenters. The number of hydrogen-bond acceptors (Lipinski definition) is 4. The molecule has 7 heteroatoms. The Bertz CT molecular complexity index is 590. The second-order valence-corrected chi connectivity index (χ2v) is 5.56. The molecule has 1 amide bonds. The maximum Gasteiger partial charge on any atom is 0.253 e. The van der Waals surface area contributed by atoms with Crippen LogP contribution in [0.4, 0.5) is 0 Å². The van der Waals surface area contributed by atoms with E-state index in [0.717, 1.165) is 35.3 Å². The molecule has 2 heterocycles. The van der Waals surface area contributed by atoms with Gasteiger partial charge >= 0.3 is 0 Å². The Kier molecular flexibility index (Phi) is 6.20.